The molecule has 2 aromatic rings. The molecule has 0 unspecified atom stereocenters. The summed E-state index contributed by atoms with van der Waals surface area (Å²) in [6.07, 6.45) is 9.71. The smallest absolute Gasteiger partial charge is 0.253 e. The van der Waals surface area contributed by atoms with E-state index in [0.29, 0.717) is 28.9 Å². The van der Waals surface area contributed by atoms with Crippen molar-refractivity contribution in [3.63, 3.8) is 0 Å². The Morgan fingerprint density at radius 2 is 0.846 bits per heavy atom. The summed E-state index contributed by atoms with van der Waals surface area (Å²) in [5.41, 5.74) is 2.52. The normalized spacial score (nSPS) is 16.1. The van der Waals surface area contributed by atoms with E-state index in [9.17, 15) is 19.2 Å². The van der Waals surface area contributed by atoms with E-state index in [2.05, 4.69) is 10.6 Å². The molecular formula is C31H40N4O4. The lowest BCUT2D eigenvalue weighted by Crippen LogP contribution is -2.31. The third-order valence-corrected chi connectivity index (χ3v) is 7.43. The van der Waals surface area contributed by atoms with E-state index < -0.39 is 0 Å². The molecule has 0 bridgehead atoms. The van der Waals surface area contributed by atoms with Crippen molar-refractivity contribution in [1.29, 1.82) is 0 Å². The molecule has 0 spiro atoms. The van der Waals surface area contributed by atoms with Gasteiger partial charge in [0, 0.05) is 61.5 Å². The second-order valence-corrected chi connectivity index (χ2v) is 10.5. The van der Waals surface area contributed by atoms with E-state index in [1.807, 2.05) is 9.80 Å². The number of rotatable bonds is 8. The van der Waals surface area contributed by atoms with Crippen LogP contribution >= 0.6 is 0 Å². The fraction of sp³-hybridized carbons (Fsp3) is 0.484. The van der Waals surface area contributed by atoms with E-state index in [1.165, 1.54) is 25.7 Å². The number of hydrogen-bond donors (Lipinski definition) is 2. The van der Waals surface area contributed by atoms with Crippen LogP contribution in [0.15, 0.2) is 48.5 Å². The first kappa shape index (κ1) is 28.3. The van der Waals surface area contributed by atoms with Crippen molar-refractivity contribution in [2.75, 3.05) is 36.8 Å². The molecule has 2 aliphatic heterocycles. The lowest BCUT2D eigenvalue weighted by Gasteiger charge is -2.20. The van der Waals surface area contributed by atoms with Crippen LogP contribution in [0.1, 0.15) is 91.3 Å². The first-order valence-electron chi connectivity index (χ1n) is 14.4. The lowest BCUT2D eigenvalue weighted by atomic mass is 10.1. The summed E-state index contributed by atoms with van der Waals surface area (Å²) in [7, 11) is 0. The van der Waals surface area contributed by atoms with E-state index >= 15 is 0 Å². The van der Waals surface area contributed by atoms with Gasteiger partial charge in [-0.1, -0.05) is 25.7 Å². The van der Waals surface area contributed by atoms with Gasteiger partial charge in [0.1, 0.15) is 0 Å². The van der Waals surface area contributed by atoms with E-state index in [0.717, 1.165) is 51.9 Å². The van der Waals surface area contributed by atoms with Gasteiger partial charge in [-0.15, -0.1) is 0 Å². The SMILES string of the molecule is O=C(CCCC(=O)Nc1ccc(C(=O)N2CCCCCC2)cc1)Nc1ccc(C(=O)N2CCCCCC2)cc1. The van der Waals surface area contributed by atoms with E-state index in [-0.39, 0.29) is 36.5 Å². The molecule has 4 rings (SSSR count). The number of hydrogen-bond acceptors (Lipinski definition) is 4. The Labute approximate surface area is 231 Å². The van der Waals surface area contributed by atoms with Crippen molar-refractivity contribution < 1.29 is 19.2 Å². The maximum atomic E-state index is 12.7. The van der Waals surface area contributed by atoms with Gasteiger partial charge in [0.2, 0.25) is 11.8 Å². The second-order valence-electron chi connectivity index (χ2n) is 10.5. The number of benzene rings is 2. The predicted molar refractivity (Wildman–Crippen MR) is 153 cm³/mol. The highest BCUT2D eigenvalue weighted by Crippen LogP contribution is 2.18. The third-order valence-electron chi connectivity index (χ3n) is 7.43. The average Bonchev–Trinajstić information content (AvgIpc) is 3.39. The highest BCUT2D eigenvalue weighted by Gasteiger charge is 2.18. The average molecular weight is 533 g/mol. The van der Waals surface area contributed by atoms with Crippen LogP contribution in [0.2, 0.25) is 0 Å². The van der Waals surface area contributed by atoms with Crippen LogP contribution in [0, 0.1) is 0 Å². The molecular weight excluding hydrogens is 492 g/mol. The molecule has 0 saturated carbocycles. The van der Waals surface area contributed by atoms with Gasteiger partial charge in [0.15, 0.2) is 0 Å². The van der Waals surface area contributed by atoms with E-state index in [1.54, 1.807) is 48.5 Å². The number of nitrogens with zero attached hydrogens (tertiary/aromatic N) is 2. The molecule has 0 aliphatic carbocycles. The number of carbonyl (C=O) groups excluding carboxylic acids is 4. The second kappa shape index (κ2) is 14.5. The van der Waals surface area contributed by atoms with Crippen molar-refractivity contribution in [2.24, 2.45) is 0 Å². The summed E-state index contributed by atoms with van der Waals surface area (Å²) in [5, 5.41) is 5.67. The number of amides is 4. The Balaban J connectivity index is 1.16. The molecule has 0 radical (unpaired) electrons. The zero-order valence-electron chi connectivity index (χ0n) is 22.8. The van der Waals surface area contributed by atoms with E-state index in [4.69, 9.17) is 0 Å². The number of likely N-dealkylation sites (tertiary alicyclic amines) is 2. The largest absolute Gasteiger partial charge is 0.339 e. The summed E-state index contributed by atoms with van der Waals surface area (Å²) in [6, 6.07) is 14.0. The first-order chi connectivity index (χ1) is 19.0. The van der Waals surface area contributed by atoms with Crippen molar-refractivity contribution >= 4 is 35.0 Å². The highest BCUT2D eigenvalue weighted by atomic mass is 16.2. The molecule has 2 N–H and O–H groups in total. The fourth-order valence-corrected chi connectivity index (χ4v) is 5.16. The van der Waals surface area contributed by atoms with Gasteiger partial charge in [0.25, 0.3) is 11.8 Å². The Morgan fingerprint density at radius 1 is 0.513 bits per heavy atom. The lowest BCUT2D eigenvalue weighted by molar-refractivity contribution is -0.117. The molecule has 208 valence electrons. The summed E-state index contributed by atoms with van der Waals surface area (Å²) < 4.78 is 0. The van der Waals surface area contributed by atoms with Crippen molar-refractivity contribution in [3.05, 3.63) is 59.7 Å². The molecule has 8 nitrogen and oxygen atoms in total. The summed E-state index contributed by atoms with van der Waals surface area (Å²) in [4.78, 5) is 54.0. The van der Waals surface area contributed by atoms with Gasteiger partial charge in [0.05, 0.1) is 0 Å². The molecule has 2 heterocycles. The van der Waals surface area contributed by atoms with Crippen LogP contribution in [0.3, 0.4) is 0 Å². The number of anilines is 2. The molecule has 0 atom stereocenters. The standard InChI is InChI=1S/C31H40N4O4/c36-28(32-26-16-12-24(13-17-26)30(38)34-20-5-1-2-6-21-34)10-9-11-29(37)33-27-18-14-25(15-19-27)31(39)35-22-7-3-4-8-23-35/h12-19H,1-11,20-23H2,(H,32,36)(H,33,37). The molecule has 0 aromatic heterocycles. The topological polar surface area (TPSA) is 98.8 Å². The molecule has 2 aromatic carbocycles. The van der Waals surface area contributed by atoms with Crippen LogP contribution in [0.25, 0.3) is 0 Å². The molecule has 2 saturated heterocycles. The van der Waals surface area contributed by atoms with Crippen LogP contribution in [0.5, 0.6) is 0 Å². The summed E-state index contributed by atoms with van der Waals surface area (Å²) >= 11 is 0. The van der Waals surface area contributed by atoms with Crippen LogP contribution in [0.4, 0.5) is 11.4 Å². The van der Waals surface area contributed by atoms with Crippen molar-refractivity contribution in [1.82, 2.24) is 9.80 Å². The van der Waals surface area contributed by atoms with Crippen molar-refractivity contribution in [2.45, 2.75) is 70.6 Å². The molecule has 39 heavy (non-hydrogen) atoms. The fourth-order valence-electron chi connectivity index (χ4n) is 5.16. The van der Waals surface area contributed by atoms with Gasteiger partial charge < -0.3 is 20.4 Å². The Morgan fingerprint density at radius 3 is 1.18 bits per heavy atom. The van der Waals surface area contributed by atoms with Gasteiger partial charge in [-0.3, -0.25) is 19.2 Å². The minimum absolute atomic E-state index is 0.0411. The maximum absolute atomic E-state index is 12.7. The number of carbonyl (C=O) groups is 4. The summed E-state index contributed by atoms with van der Waals surface area (Å²) in [5.74, 6) is -0.268. The number of nitrogens with one attached hydrogen (secondary N) is 2. The van der Waals surface area contributed by atoms with Gasteiger partial charge in [-0.05, 0) is 80.6 Å². The van der Waals surface area contributed by atoms with Crippen LogP contribution in [-0.2, 0) is 9.59 Å². The van der Waals surface area contributed by atoms with Crippen LogP contribution in [-0.4, -0.2) is 59.6 Å². The quantitative estimate of drug-likeness (QED) is 0.471. The third kappa shape index (κ3) is 8.67. The maximum Gasteiger partial charge on any atom is 0.253 e. The molecule has 8 heteroatoms. The minimum Gasteiger partial charge on any atom is -0.339 e. The Hall–Kier alpha value is -3.68. The van der Waals surface area contributed by atoms with Crippen molar-refractivity contribution in [3.8, 4) is 0 Å². The molecule has 2 aliphatic rings. The van der Waals surface area contributed by atoms with Gasteiger partial charge >= 0.3 is 0 Å². The molecule has 4 amide bonds. The first-order valence-corrected chi connectivity index (χ1v) is 14.4. The predicted octanol–water partition coefficient (Wildman–Crippen LogP) is 5.47. The van der Waals surface area contributed by atoms with Gasteiger partial charge in [-0.25, -0.2) is 0 Å². The highest BCUT2D eigenvalue weighted by molar-refractivity contribution is 5.97. The van der Waals surface area contributed by atoms with Gasteiger partial charge in [-0.2, -0.15) is 0 Å². The Kier molecular flexibility index (Phi) is 10.5. The monoisotopic (exact) mass is 532 g/mol. The molecule has 2 fully saturated rings. The zero-order chi connectivity index (χ0) is 27.5. The van der Waals surface area contributed by atoms with Crippen LogP contribution < -0.4 is 10.6 Å². The summed E-state index contributed by atoms with van der Waals surface area (Å²) in [6.45, 7) is 3.20. The zero-order valence-corrected chi connectivity index (χ0v) is 22.8. The minimum atomic E-state index is -0.175. The Bertz CT molecular complexity index is 1020.